The van der Waals surface area contributed by atoms with Crippen molar-refractivity contribution in [2.24, 2.45) is 12.8 Å². The molecule has 4 aromatic rings. The molecule has 2 aromatic carbocycles. The monoisotopic (exact) mass is 453 g/mol. The number of hydrogen-bond donors (Lipinski definition) is 1. The summed E-state index contributed by atoms with van der Waals surface area (Å²) in [7, 11) is 5.22. The van der Waals surface area contributed by atoms with Crippen molar-refractivity contribution >= 4 is 23.4 Å². The van der Waals surface area contributed by atoms with Crippen LogP contribution in [0.3, 0.4) is 0 Å². The maximum atomic E-state index is 5.84. The van der Waals surface area contributed by atoms with Crippen LogP contribution in [-0.2, 0) is 7.05 Å². The van der Waals surface area contributed by atoms with Gasteiger partial charge in [0.1, 0.15) is 11.5 Å². The first-order chi connectivity index (χ1) is 15.1. The molecule has 1 unspecified atom stereocenters. The van der Waals surface area contributed by atoms with Crippen molar-refractivity contribution in [3.05, 3.63) is 66.1 Å². The van der Waals surface area contributed by atoms with E-state index in [-0.39, 0.29) is 18.3 Å². The lowest BCUT2D eigenvalue weighted by molar-refractivity contribution is 0.393. The minimum atomic E-state index is 0. The molecule has 0 aliphatic heterocycles. The minimum absolute atomic E-state index is 0. The number of nitrogens with zero attached hydrogens (tertiary/aromatic N) is 4. The number of fused-ring (bicyclic) bond motifs is 1. The quantitative estimate of drug-likeness (QED) is 0.427. The van der Waals surface area contributed by atoms with Gasteiger partial charge in [0, 0.05) is 30.8 Å². The molecule has 2 N–H and O–H groups in total. The molecule has 0 radical (unpaired) electrons. The van der Waals surface area contributed by atoms with E-state index >= 15 is 0 Å². The van der Waals surface area contributed by atoms with E-state index < -0.39 is 0 Å². The summed E-state index contributed by atoms with van der Waals surface area (Å²) in [6.07, 6.45) is 7.34. The smallest absolute Gasteiger partial charge is 0.122 e. The van der Waals surface area contributed by atoms with Crippen molar-refractivity contribution in [1.29, 1.82) is 0 Å². The number of nitrogens with two attached hydrogens (primary N) is 1. The van der Waals surface area contributed by atoms with E-state index in [0.29, 0.717) is 6.54 Å². The van der Waals surface area contributed by atoms with Crippen LogP contribution in [0, 0.1) is 0 Å². The second-order valence-corrected chi connectivity index (χ2v) is 7.54. The van der Waals surface area contributed by atoms with Gasteiger partial charge in [0.15, 0.2) is 0 Å². The average molecular weight is 454 g/mol. The van der Waals surface area contributed by atoms with Crippen LogP contribution in [0.2, 0.25) is 0 Å². The molecule has 2 aromatic heterocycles. The van der Waals surface area contributed by atoms with E-state index in [1.807, 2.05) is 25.4 Å². The molecule has 32 heavy (non-hydrogen) atoms. The first-order valence-corrected chi connectivity index (χ1v) is 10.3. The zero-order chi connectivity index (χ0) is 21.8. The predicted octanol–water partition coefficient (Wildman–Crippen LogP) is 4.34. The minimum Gasteiger partial charge on any atom is -0.497 e. The van der Waals surface area contributed by atoms with Crippen LogP contribution in [-0.4, -0.2) is 40.5 Å². The normalized spacial score (nSPS) is 11.8. The molecular weight excluding hydrogens is 426 g/mol. The summed E-state index contributed by atoms with van der Waals surface area (Å²) < 4.78 is 12.7. The van der Waals surface area contributed by atoms with Crippen molar-refractivity contribution in [3.63, 3.8) is 0 Å². The Morgan fingerprint density at radius 1 is 0.969 bits per heavy atom. The highest BCUT2D eigenvalue weighted by Crippen LogP contribution is 2.35. The van der Waals surface area contributed by atoms with E-state index in [0.717, 1.165) is 57.8 Å². The third-order valence-electron chi connectivity index (χ3n) is 5.44. The number of aromatic nitrogens is 4. The fourth-order valence-corrected chi connectivity index (χ4v) is 3.82. The predicted molar refractivity (Wildman–Crippen MR) is 129 cm³/mol. The first kappa shape index (κ1) is 23.5. The molecule has 4 rings (SSSR count). The molecule has 0 spiro atoms. The van der Waals surface area contributed by atoms with Crippen LogP contribution in [0.15, 0.2) is 55.0 Å². The number of ether oxygens (including phenoxy) is 2. The Morgan fingerprint density at radius 2 is 1.72 bits per heavy atom. The van der Waals surface area contributed by atoms with Crippen molar-refractivity contribution in [1.82, 2.24) is 19.7 Å². The van der Waals surface area contributed by atoms with Crippen LogP contribution in [0.5, 0.6) is 11.5 Å². The Kier molecular flexibility index (Phi) is 7.66. The SMILES string of the molecule is COc1cc(OC)cc(C(CCCN)c2ccc3ncc(-c4cnn(C)c4)nc3c2)c1.Cl. The molecule has 8 heteroatoms. The van der Waals surface area contributed by atoms with Crippen molar-refractivity contribution < 1.29 is 9.47 Å². The van der Waals surface area contributed by atoms with Gasteiger partial charge in [-0.1, -0.05) is 6.07 Å². The summed E-state index contributed by atoms with van der Waals surface area (Å²) in [5.41, 5.74) is 11.6. The Bertz CT molecular complexity index is 1170. The summed E-state index contributed by atoms with van der Waals surface area (Å²) in [6, 6.07) is 12.3. The van der Waals surface area contributed by atoms with Gasteiger partial charge in [0.05, 0.1) is 43.3 Å². The lowest BCUT2D eigenvalue weighted by atomic mass is 9.87. The molecule has 7 nitrogen and oxygen atoms in total. The summed E-state index contributed by atoms with van der Waals surface area (Å²) in [6.45, 7) is 0.635. The Labute approximate surface area is 194 Å². The molecule has 0 aliphatic carbocycles. The standard InChI is InChI=1S/C24H27N5O2.ClH/c1-29-15-18(13-27-29)24-14-26-22-7-6-16(11-23(22)28-24)21(5-4-8-25)17-9-19(30-2)12-20(10-17)31-3;/h6-7,9-15,21H,4-5,8,25H2,1-3H3;1H. The summed E-state index contributed by atoms with van der Waals surface area (Å²) >= 11 is 0. The van der Waals surface area contributed by atoms with E-state index in [1.54, 1.807) is 31.3 Å². The van der Waals surface area contributed by atoms with Gasteiger partial charge in [-0.25, -0.2) is 4.98 Å². The molecule has 1 atom stereocenters. The lowest BCUT2D eigenvalue weighted by Gasteiger charge is -2.20. The van der Waals surface area contributed by atoms with E-state index in [9.17, 15) is 0 Å². The van der Waals surface area contributed by atoms with Gasteiger partial charge < -0.3 is 15.2 Å². The van der Waals surface area contributed by atoms with Gasteiger partial charge in [-0.3, -0.25) is 9.67 Å². The van der Waals surface area contributed by atoms with Crippen molar-refractivity contribution in [3.8, 4) is 22.8 Å². The van der Waals surface area contributed by atoms with Crippen LogP contribution in [0.4, 0.5) is 0 Å². The molecule has 0 amide bonds. The molecule has 0 bridgehead atoms. The molecular formula is C24H28ClN5O2. The molecule has 0 saturated heterocycles. The second-order valence-electron chi connectivity index (χ2n) is 7.54. The zero-order valence-electron chi connectivity index (χ0n) is 18.5. The van der Waals surface area contributed by atoms with Gasteiger partial charge in [-0.2, -0.15) is 5.10 Å². The Hall–Kier alpha value is -3.16. The van der Waals surface area contributed by atoms with Crippen LogP contribution in [0.1, 0.15) is 29.9 Å². The Morgan fingerprint density at radius 3 is 2.34 bits per heavy atom. The number of rotatable bonds is 8. The topological polar surface area (TPSA) is 88.1 Å². The largest absolute Gasteiger partial charge is 0.497 e. The van der Waals surface area contributed by atoms with Gasteiger partial charge >= 0.3 is 0 Å². The molecule has 0 aliphatic rings. The maximum Gasteiger partial charge on any atom is 0.122 e. The van der Waals surface area contributed by atoms with E-state index in [4.69, 9.17) is 20.2 Å². The van der Waals surface area contributed by atoms with E-state index in [2.05, 4.69) is 34.3 Å². The zero-order valence-corrected chi connectivity index (χ0v) is 19.3. The molecule has 0 saturated carbocycles. The first-order valence-electron chi connectivity index (χ1n) is 10.3. The Balaban J connectivity index is 0.00000289. The van der Waals surface area contributed by atoms with Gasteiger partial charge in [0.2, 0.25) is 0 Å². The number of halogens is 1. The van der Waals surface area contributed by atoms with Gasteiger partial charge in [0.25, 0.3) is 0 Å². The van der Waals surface area contributed by atoms with Crippen molar-refractivity contribution in [2.75, 3.05) is 20.8 Å². The van der Waals surface area contributed by atoms with Gasteiger partial charge in [-0.15, -0.1) is 12.4 Å². The number of aryl methyl sites for hydroxylation is 1. The summed E-state index contributed by atoms with van der Waals surface area (Å²) in [4.78, 5) is 9.45. The number of hydrogen-bond acceptors (Lipinski definition) is 6. The fraction of sp³-hybridized carbons (Fsp3) is 0.292. The second kappa shape index (κ2) is 10.4. The highest BCUT2D eigenvalue weighted by atomic mass is 35.5. The summed E-state index contributed by atoms with van der Waals surface area (Å²) in [5, 5.41) is 4.24. The van der Waals surface area contributed by atoms with Crippen LogP contribution < -0.4 is 15.2 Å². The molecule has 0 fully saturated rings. The highest BCUT2D eigenvalue weighted by molar-refractivity contribution is 5.85. The van der Waals surface area contributed by atoms with Crippen LogP contribution in [0.25, 0.3) is 22.3 Å². The van der Waals surface area contributed by atoms with Crippen molar-refractivity contribution in [2.45, 2.75) is 18.8 Å². The third-order valence-corrected chi connectivity index (χ3v) is 5.44. The van der Waals surface area contributed by atoms with Crippen LogP contribution >= 0.6 is 12.4 Å². The number of methoxy groups -OCH3 is 2. The number of benzene rings is 2. The highest BCUT2D eigenvalue weighted by Gasteiger charge is 2.17. The van der Waals surface area contributed by atoms with Gasteiger partial charge in [-0.05, 0) is 54.8 Å². The average Bonchev–Trinajstić information content (AvgIpc) is 3.24. The molecule has 168 valence electrons. The third kappa shape index (κ3) is 5.00. The maximum absolute atomic E-state index is 5.84. The van der Waals surface area contributed by atoms with E-state index in [1.165, 1.54) is 0 Å². The molecule has 2 heterocycles. The lowest BCUT2D eigenvalue weighted by Crippen LogP contribution is -2.07. The summed E-state index contributed by atoms with van der Waals surface area (Å²) in [5.74, 6) is 1.68. The fourth-order valence-electron chi connectivity index (χ4n) is 3.82.